The molecule has 0 saturated heterocycles. The van der Waals surface area contributed by atoms with Gasteiger partial charge in [-0.3, -0.25) is 0 Å². The Morgan fingerprint density at radius 1 is 1.17 bits per heavy atom. The van der Waals surface area contributed by atoms with E-state index < -0.39 is 11.7 Å². The third-order valence-corrected chi connectivity index (χ3v) is 2.62. The number of esters is 1. The molecular weight excluding hydrogens is 310 g/mol. The Balaban J connectivity index is 2.32. The van der Waals surface area contributed by atoms with Crippen LogP contribution in [0.25, 0.3) is 6.08 Å². The number of hydrogen-bond donors (Lipinski definition) is 1. The van der Waals surface area contributed by atoms with Crippen molar-refractivity contribution in [3.63, 3.8) is 0 Å². The van der Waals surface area contributed by atoms with Gasteiger partial charge in [0, 0.05) is 6.08 Å². The second-order valence-corrected chi connectivity index (χ2v) is 5.93. The monoisotopic (exact) mass is 335 g/mol. The summed E-state index contributed by atoms with van der Waals surface area (Å²) >= 11 is 0. The summed E-state index contributed by atoms with van der Waals surface area (Å²) in [6, 6.07) is 7.23. The van der Waals surface area contributed by atoms with Gasteiger partial charge in [-0.1, -0.05) is 12.1 Å². The van der Waals surface area contributed by atoms with Crippen molar-refractivity contribution in [2.75, 3.05) is 19.8 Å². The first kappa shape index (κ1) is 19.5. The quantitative estimate of drug-likeness (QED) is 0.471. The van der Waals surface area contributed by atoms with Crippen molar-refractivity contribution < 1.29 is 23.8 Å². The number of carbonyl (C=O) groups excluding carboxylic acids is 2. The molecule has 0 heterocycles. The van der Waals surface area contributed by atoms with Gasteiger partial charge in [-0.15, -0.1) is 0 Å². The number of benzene rings is 1. The summed E-state index contributed by atoms with van der Waals surface area (Å²) in [7, 11) is 0. The second kappa shape index (κ2) is 9.60. The molecule has 6 nitrogen and oxygen atoms in total. The van der Waals surface area contributed by atoms with Crippen molar-refractivity contribution in [1.82, 2.24) is 5.32 Å². The number of ether oxygens (including phenoxy) is 3. The molecule has 0 radical (unpaired) electrons. The van der Waals surface area contributed by atoms with Crippen LogP contribution in [0.5, 0.6) is 5.75 Å². The Hall–Kier alpha value is -2.50. The molecule has 6 heteroatoms. The molecule has 0 aliphatic carbocycles. The lowest BCUT2D eigenvalue weighted by Crippen LogP contribution is -2.34. The minimum atomic E-state index is -0.516. The van der Waals surface area contributed by atoms with Crippen LogP contribution in [0.2, 0.25) is 0 Å². The molecule has 0 atom stereocenters. The number of rotatable bonds is 7. The topological polar surface area (TPSA) is 73.9 Å². The van der Waals surface area contributed by atoms with E-state index in [0.29, 0.717) is 25.5 Å². The van der Waals surface area contributed by atoms with Crippen LogP contribution < -0.4 is 10.1 Å². The lowest BCUT2D eigenvalue weighted by molar-refractivity contribution is -0.137. The zero-order valence-corrected chi connectivity index (χ0v) is 14.6. The Bertz CT molecular complexity index is 558. The van der Waals surface area contributed by atoms with Crippen LogP contribution in [0.3, 0.4) is 0 Å². The minimum absolute atomic E-state index is 0.331. The molecule has 1 aromatic carbocycles. The van der Waals surface area contributed by atoms with Gasteiger partial charge in [-0.25, -0.2) is 9.59 Å². The van der Waals surface area contributed by atoms with Crippen molar-refractivity contribution >= 4 is 18.1 Å². The molecule has 0 bridgehead atoms. The highest BCUT2D eigenvalue weighted by molar-refractivity contribution is 5.87. The van der Waals surface area contributed by atoms with Gasteiger partial charge in [0.05, 0.1) is 13.2 Å². The zero-order valence-electron chi connectivity index (χ0n) is 14.6. The van der Waals surface area contributed by atoms with Gasteiger partial charge in [0.1, 0.15) is 18.0 Å². The van der Waals surface area contributed by atoms with Crippen molar-refractivity contribution in [2.45, 2.75) is 33.3 Å². The van der Waals surface area contributed by atoms with Gasteiger partial charge in [0.25, 0.3) is 0 Å². The number of amides is 1. The summed E-state index contributed by atoms with van der Waals surface area (Å²) in [5.74, 6) is 0.306. The number of carbonyl (C=O) groups is 2. The first-order chi connectivity index (χ1) is 11.3. The maximum atomic E-state index is 11.5. The van der Waals surface area contributed by atoms with Gasteiger partial charge < -0.3 is 19.5 Å². The van der Waals surface area contributed by atoms with Crippen molar-refractivity contribution in [1.29, 1.82) is 0 Å². The first-order valence-electron chi connectivity index (χ1n) is 7.84. The van der Waals surface area contributed by atoms with E-state index in [-0.39, 0.29) is 5.97 Å². The van der Waals surface area contributed by atoms with Gasteiger partial charge in [-0.2, -0.15) is 0 Å². The maximum Gasteiger partial charge on any atom is 0.407 e. The van der Waals surface area contributed by atoms with Crippen LogP contribution in [0.4, 0.5) is 4.79 Å². The van der Waals surface area contributed by atoms with E-state index in [4.69, 9.17) is 14.2 Å². The van der Waals surface area contributed by atoms with E-state index in [1.807, 2.05) is 12.1 Å². The van der Waals surface area contributed by atoms with E-state index in [9.17, 15) is 9.59 Å². The molecule has 0 fully saturated rings. The molecule has 1 rings (SSSR count). The molecule has 0 spiro atoms. The highest BCUT2D eigenvalue weighted by Gasteiger charge is 2.15. The normalized spacial score (nSPS) is 11.2. The first-order valence-corrected chi connectivity index (χ1v) is 7.84. The number of alkyl carbamates (subject to hydrolysis) is 1. The molecule has 1 N–H and O–H groups in total. The lowest BCUT2D eigenvalue weighted by atomic mass is 10.2. The molecule has 0 saturated carbocycles. The molecule has 0 aromatic heterocycles. The molecule has 1 aromatic rings. The minimum Gasteiger partial charge on any atom is -0.492 e. The van der Waals surface area contributed by atoms with E-state index >= 15 is 0 Å². The lowest BCUT2D eigenvalue weighted by Gasteiger charge is -2.19. The zero-order chi connectivity index (χ0) is 18.0. The molecule has 1 amide bonds. The predicted octanol–water partition coefficient (Wildman–Crippen LogP) is 3.17. The smallest absolute Gasteiger partial charge is 0.407 e. The molecule has 132 valence electrons. The molecule has 0 aliphatic heterocycles. The van der Waals surface area contributed by atoms with Crippen molar-refractivity contribution in [3.05, 3.63) is 35.9 Å². The average Bonchev–Trinajstić information content (AvgIpc) is 2.49. The van der Waals surface area contributed by atoms with E-state index in [1.54, 1.807) is 45.9 Å². The van der Waals surface area contributed by atoms with E-state index in [1.165, 1.54) is 6.08 Å². The molecule has 0 aliphatic rings. The van der Waals surface area contributed by atoms with Gasteiger partial charge in [-0.05, 0) is 51.5 Å². The molecular formula is C18H25NO5. The van der Waals surface area contributed by atoms with Crippen LogP contribution in [0.1, 0.15) is 33.3 Å². The number of hydrogen-bond acceptors (Lipinski definition) is 5. The summed E-state index contributed by atoms with van der Waals surface area (Å²) < 4.78 is 15.4. The third-order valence-electron chi connectivity index (χ3n) is 2.62. The molecule has 24 heavy (non-hydrogen) atoms. The Labute approximate surface area is 142 Å². The SMILES string of the molecule is CCOC(=O)/C=C/c1ccc(OCCNC(=O)OC(C)(C)C)cc1. The fourth-order valence-corrected chi connectivity index (χ4v) is 1.67. The van der Waals surface area contributed by atoms with E-state index in [2.05, 4.69) is 5.32 Å². The number of nitrogens with one attached hydrogen (secondary N) is 1. The fraction of sp³-hybridized carbons (Fsp3) is 0.444. The van der Waals surface area contributed by atoms with Crippen LogP contribution in [0.15, 0.2) is 30.3 Å². The predicted molar refractivity (Wildman–Crippen MR) is 91.8 cm³/mol. The largest absolute Gasteiger partial charge is 0.492 e. The second-order valence-electron chi connectivity index (χ2n) is 5.93. The summed E-state index contributed by atoms with van der Waals surface area (Å²) in [6.45, 7) is 8.21. The fourth-order valence-electron chi connectivity index (χ4n) is 1.67. The van der Waals surface area contributed by atoms with Crippen LogP contribution in [0, 0.1) is 0 Å². The van der Waals surface area contributed by atoms with Crippen LogP contribution in [-0.4, -0.2) is 37.4 Å². The van der Waals surface area contributed by atoms with Gasteiger partial charge >= 0.3 is 12.1 Å². The van der Waals surface area contributed by atoms with Gasteiger partial charge in [0.2, 0.25) is 0 Å². The summed E-state index contributed by atoms with van der Waals surface area (Å²) in [5.41, 5.74) is 0.347. The van der Waals surface area contributed by atoms with E-state index in [0.717, 1.165) is 5.56 Å². The Morgan fingerprint density at radius 3 is 2.42 bits per heavy atom. The molecule has 0 unspecified atom stereocenters. The standard InChI is InChI=1S/C18H25NO5/c1-5-22-16(20)11-8-14-6-9-15(10-7-14)23-13-12-19-17(21)24-18(2,3)4/h6-11H,5,12-13H2,1-4H3,(H,19,21)/b11-8+. The van der Waals surface area contributed by atoms with Crippen molar-refractivity contribution in [2.24, 2.45) is 0 Å². The summed E-state index contributed by atoms with van der Waals surface area (Å²) in [4.78, 5) is 22.7. The van der Waals surface area contributed by atoms with Crippen LogP contribution in [-0.2, 0) is 14.3 Å². The summed E-state index contributed by atoms with van der Waals surface area (Å²) in [5, 5.41) is 2.62. The average molecular weight is 335 g/mol. The van der Waals surface area contributed by atoms with Gasteiger partial charge in [0.15, 0.2) is 0 Å². The Morgan fingerprint density at radius 2 is 1.83 bits per heavy atom. The third kappa shape index (κ3) is 8.82. The Kier molecular flexibility index (Phi) is 7.82. The highest BCUT2D eigenvalue weighted by Crippen LogP contribution is 2.13. The van der Waals surface area contributed by atoms with Crippen molar-refractivity contribution in [3.8, 4) is 5.75 Å². The summed E-state index contributed by atoms with van der Waals surface area (Å²) in [6.07, 6.45) is 2.58. The van der Waals surface area contributed by atoms with Crippen LogP contribution >= 0.6 is 0 Å². The maximum absolute atomic E-state index is 11.5. The highest BCUT2D eigenvalue weighted by atomic mass is 16.6.